The smallest absolute Gasteiger partial charge is 0.269 e. The first kappa shape index (κ1) is 26.0. The van der Waals surface area contributed by atoms with Crippen LogP contribution in [-0.4, -0.2) is 67.3 Å². The molecule has 0 bridgehead atoms. The number of nitrogens with one attached hydrogen (secondary N) is 4. The Bertz CT molecular complexity index is 1510. The van der Waals surface area contributed by atoms with Crippen molar-refractivity contribution in [3.8, 4) is 22.8 Å². The van der Waals surface area contributed by atoms with Crippen LogP contribution in [-0.2, 0) is 4.74 Å². The molecule has 4 N–H and O–H groups in total. The Morgan fingerprint density at radius 2 is 1.85 bits per heavy atom. The molecule has 0 saturated carbocycles. The average Bonchev–Trinajstić information content (AvgIpc) is 3.41. The van der Waals surface area contributed by atoms with Crippen LogP contribution in [0.5, 0.6) is 11.6 Å². The number of rotatable bonds is 8. The zero-order chi connectivity index (χ0) is 27.4. The van der Waals surface area contributed by atoms with E-state index in [4.69, 9.17) is 19.2 Å². The molecular weight excluding hydrogens is 500 g/mol. The summed E-state index contributed by atoms with van der Waals surface area (Å²) in [5.74, 6) is 1.01. The van der Waals surface area contributed by atoms with Crippen molar-refractivity contribution in [3.63, 3.8) is 0 Å². The average molecular weight is 531 g/mol. The number of hydrogen-bond acceptors (Lipinski definition) is 8. The lowest BCUT2D eigenvalue weighted by Crippen LogP contribution is -2.26. The quantitative estimate of drug-likeness (QED) is 0.271. The molecule has 0 aliphatic carbocycles. The summed E-state index contributed by atoms with van der Waals surface area (Å²) in [6, 6.07) is 10.6. The van der Waals surface area contributed by atoms with E-state index in [1.54, 1.807) is 51.7 Å². The number of H-pyrrole nitrogens is 1. The van der Waals surface area contributed by atoms with E-state index in [-0.39, 0.29) is 17.9 Å². The Morgan fingerprint density at radius 3 is 2.59 bits per heavy atom. The number of carbonyl (C=O) groups is 2. The molecule has 3 aromatic heterocycles. The van der Waals surface area contributed by atoms with Gasteiger partial charge in [-0.15, -0.1) is 0 Å². The van der Waals surface area contributed by atoms with E-state index in [0.29, 0.717) is 47.6 Å². The number of anilines is 2. The van der Waals surface area contributed by atoms with Gasteiger partial charge in [0.05, 0.1) is 36.9 Å². The Morgan fingerprint density at radius 1 is 1.05 bits per heavy atom. The third kappa shape index (κ3) is 5.48. The topological polar surface area (TPSA) is 139 Å². The van der Waals surface area contributed by atoms with E-state index in [9.17, 15) is 9.59 Å². The molecule has 1 aliphatic rings. The van der Waals surface area contributed by atoms with E-state index in [1.807, 2.05) is 18.3 Å². The van der Waals surface area contributed by atoms with E-state index in [0.717, 1.165) is 34.9 Å². The van der Waals surface area contributed by atoms with Gasteiger partial charge in [-0.2, -0.15) is 4.98 Å². The summed E-state index contributed by atoms with van der Waals surface area (Å²) in [4.78, 5) is 36.6. The van der Waals surface area contributed by atoms with E-state index in [1.165, 1.54) is 0 Å². The van der Waals surface area contributed by atoms with Crippen molar-refractivity contribution < 1.29 is 23.8 Å². The van der Waals surface area contributed by atoms with Crippen LogP contribution < -0.4 is 25.4 Å². The van der Waals surface area contributed by atoms with Crippen LogP contribution in [0, 0.1) is 0 Å². The molecule has 11 nitrogen and oxygen atoms in total. The van der Waals surface area contributed by atoms with Gasteiger partial charge in [0.15, 0.2) is 0 Å². The number of aromatic nitrogens is 3. The number of carbonyl (C=O) groups excluding carboxylic acids is 2. The van der Waals surface area contributed by atoms with Crippen LogP contribution in [0.1, 0.15) is 33.7 Å². The van der Waals surface area contributed by atoms with Gasteiger partial charge in [-0.1, -0.05) is 0 Å². The molecule has 4 aromatic rings. The Balaban J connectivity index is 1.57. The van der Waals surface area contributed by atoms with Gasteiger partial charge in [-0.05, 0) is 35.9 Å². The van der Waals surface area contributed by atoms with Crippen molar-refractivity contribution in [3.05, 3.63) is 60.0 Å². The van der Waals surface area contributed by atoms with Crippen molar-refractivity contribution >= 4 is 34.2 Å². The van der Waals surface area contributed by atoms with Crippen LogP contribution in [0.15, 0.2) is 48.8 Å². The summed E-state index contributed by atoms with van der Waals surface area (Å²) in [6.45, 7) is 1.25. The fourth-order valence-electron chi connectivity index (χ4n) is 4.51. The molecule has 2 amide bonds. The molecule has 1 fully saturated rings. The minimum atomic E-state index is -0.267. The fraction of sp³-hybridized carbons (Fsp3) is 0.286. The number of hydrogen-bond donors (Lipinski definition) is 4. The number of amides is 2. The van der Waals surface area contributed by atoms with Crippen molar-refractivity contribution in [2.24, 2.45) is 0 Å². The van der Waals surface area contributed by atoms with E-state index >= 15 is 0 Å². The minimum absolute atomic E-state index is 0.0484. The summed E-state index contributed by atoms with van der Waals surface area (Å²) in [5, 5.41) is 9.32. The largest absolute Gasteiger partial charge is 0.495 e. The summed E-state index contributed by atoms with van der Waals surface area (Å²) >= 11 is 0. The molecule has 0 unspecified atom stereocenters. The maximum absolute atomic E-state index is 12.2. The van der Waals surface area contributed by atoms with Gasteiger partial charge in [0, 0.05) is 56.5 Å². The van der Waals surface area contributed by atoms with Crippen LogP contribution in [0.3, 0.4) is 0 Å². The van der Waals surface area contributed by atoms with Crippen molar-refractivity contribution in [2.45, 2.75) is 18.9 Å². The van der Waals surface area contributed by atoms with E-state index in [2.05, 4.69) is 25.9 Å². The normalized spacial score (nSPS) is 13.6. The second-order valence-electron chi connectivity index (χ2n) is 9.00. The van der Waals surface area contributed by atoms with Gasteiger partial charge in [0.1, 0.15) is 23.4 Å². The Labute approximate surface area is 225 Å². The van der Waals surface area contributed by atoms with Crippen LogP contribution in [0.2, 0.25) is 0 Å². The molecule has 0 atom stereocenters. The third-order valence-corrected chi connectivity index (χ3v) is 6.56. The molecule has 0 spiro atoms. The zero-order valence-corrected chi connectivity index (χ0v) is 22.0. The Hall–Kier alpha value is -4.64. The molecule has 4 heterocycles. The molecule has 0 radical (unpaired) electrons. The number of benzene rings is 1. The maximum Gasteiger partial charge on any atom is 0.269 e. The van der Waals surface area contributed by atoms with Gasteiger partial charge in [0.2, 0.25) is 5.88 Å². The molecule has 1 aliphatic heterocycles. The molecule has 1 saturated heterocycles. The first-order chi connectivity index (χ1) is 19.0. The molecule has 1 aromatic carbocycles. The molecule has 5 rings (SSSR count). The van der Waals surface area contributed by atoms with Crippen LogP contribution in [0.25, 0.3) is 22.0 Å². The minimum Gasteiger partial charge on any atom is -0.495 e. The number of pyridine rings is 2. The monoisotopic (exact) mass is 530 g/mol. The number of aromatic amines is 1. The second-order valence-corrected chi connectivity index (χ2v) is 9.00. The summed E-state index contributed by atoms with van der Waals surface area (Å²) < 4.78 is 17.5. The second kappa shape index (κ2) is 11.4. The predicted octanol–water partition coefficient (Wildman–Crippen LogP) is 3.65. The fourth-order valence-corrected chi connectivity index (χ4v) is 4.51. The lowest BCUT2D eigenvalue weighted by Gasteiger charge is -2.23. The highest BCUT2D eigenvalue weighted by atomic mass is 16.5. The molecular formula is C28H30N6O5. The van der Waals surface area contributed by atoms with Gasteiger partial charge in [-0.25, -0.2) is 0 Å². The van der Waals surface area contributed by atoms with Gasteiger partial charge in [0.25, 0.3) is 11.8 Å². The highest BCUT2D eigenvalue weighted by molar-refractivity contribution is 6.02. The summed E-state index contributed by atoms with van der Waals surface area (Å²) in [7, 11) is 4.70. The highest BCUT2D eigenvalue weighted by Gasteiger charge is 2.22. The summed E-state index contributed by atoms with van der Waals surface area (Å²) in [6.07, 6.45) is 4.94. The SMILES string of the molecule is CNC(=O)c1ccc(Nc2cc3[nH]cc(-c4ccnc(C(=O)NC)c4)c3c(OC3CCOCC3)n2)c(OC)c1. The van der Waals surface area contributed by atoms with Gasteiger partial charge >= 0.3 is 0 Å². The Kier molecular flexibility index (Phi) is 7.60. The third-order valence-electron chi connectivity index (χ3n) is 6.56. The number of methoxy groups -OCH3 is 1. The van der Waals surface area contributed by atoms with Crippen LogP contribution in [0.4, 0.5) is 11.5 Å². The van der Waals surface area contributed by atoms with Crippen molar-refractivity contribution in [1.82, 2.24) is 25.6 Å². The molecule has 39 heavy (non-hydrogen) atoms. The highest BCUT2D eigenvalue weighted by Crippen LogP contribution is 2.38. The number of ether oxygens (including phenoxy) is 3. The molecule has 11 heteroatoms. The number of nitrogens with zero attached hydrogens (tertiary/aromatic N) is 2. The maximum atomic E-state index is 12.2. The van der Waals surface area contributed by atoms with Crippen molar-refractivity contribution in [1.29, 1.82) is 0 Å². The van der Waals surface area contributed by atoms with Crippen LogP contribution >= 0.6 is 0 Å². The first-order valence-corrected chi connectivity index (χ1v) is 12.6. The first-order valence-electron chi connectivity index (χ1n) is 12.6. The van der Waals surface area contributed by atoms with E-state index < -0.39 is 0 Å². The predicted molar refractivity (Wildman–Crippen MR) is 147 cm³/mol. The lowest BCUT2D eigenvalue weighted by molar-refractivity contribution is 0.0245. The van der Waals surface area contributed by atoms with Gasteiger partial charge < -0.3 is 35.1 Å². The summed E-state index contributed by atoms with van der Waals surface area (Å²) in [5.41, 5.74) is 3.88. The number of fused-ring (bicyclic) bond motifs is 1. The lowest BCUT2D eigenvalue weighted by atomic mass is 10.1. The standard InChI is InChI=1S/C28H30N6O5/c1-29-26(35)17-4-5-20(23(13-17)37-3)33-24-14-21-25(28(34-24)39-18-7-10-38-11-8-18)19(15-32-21)16-6-9-31-22(12-16)27(36)30-2/h4-6,9,12-15,18,32H,7-8,10-11H2,1-3H3,(H,29,35)(H,30,36)(H,33,34). The zero-order valence-electron chi connectivity index (χ0n) is 22.0. The van der Waals surface area contributed by atoms with Crippen molar-refractivity contribution in [2.75, 3.05) is 39.7 Å². The molecule has 202 valence electrons. The van der Waals surface area contributed by atoms with Gasteiger partial charge in [-0.3, -0.25) is 14.6 Å².